The molecule has 3 N–H and O–H groups in total. The van der Waals surface area contributed by atoms with E-state index < -0.39 is 0 Å². The highest BCUT2D eigenvalue weighted by Gasteiger charge is 2.10. The summed E-state index contributed by atoms with van der Waals surface area (Å²) in [5, 5.41) is 11.0. The maximum atomic E-state index is 11.9. The van der Waals surface area contributed by atoms with Crippen molar-refractivity contribution in [1.82, 2.24) is 19.7 Å². The van der Waals surface area contributed by atoms with Crippen molar-refractivity contribution in [3.8, 4) is 0 Å². The fraction of sp³-hybridized carbons (Fsp3) is 0.308. The predicted molar refractivity (Wildman–Crippen MR) is 77.2 cm³/mol. The topological polar surface area (TPSA) is 89.1 Å². The predicted octanol–water partition coefficient (Wildman–Crippen LogP) is 0.711. The van der Waals surface area contributed by atoms with Gasteiger partial charge in [-0.1, -0.05) is 0 Å². The van der Waals surface area contributed by atoms with E-state index in [-0.39, 0.29) is 5.91 Å². The second kappa shape index (κ2) is 5.60. The SMILES string of the molecule is CN(C)C(=O)c1ccc(N)c(NCc2nncn2C)c1. The van der Waals surface area contributed by atoms with Crippen LogP contribution in [0.1, 0.15) is 16.2 Å². The number of aryl methyl sites for hydroxylation is 1. The fourth-order valence-corrected chi connectivity index (χ4v) is 1.74. The number of carbonyl (C=O) groups excluding carboxylic acids is 1. The molecule has 0 saturated carbocycles. The molecule has 1 aromatic carbocycles. The largest absolute Gasteiger partial charge is 0.397 e. The Kier molecular flexibility index (Phi) is 3.88. The molecular weight excluding hydrogens is 256 g/mol. The molecule has 0 aliphatic heterocycles. The molecule has 0 bridgehead atoms. The number of nitrogens with one attached hydrogen (secondary N) is 1. The number of rotatable bonds is 4. The van der Waals surface area contributed by atoms with Crippen LogP contribution in [0, 0.1) is 0 Å². The van der Waals surface area contributed by atoms with Crippen LogP contribution in [0.25, 0.3) is 0 Å². The summed E-state index contributed by atoms with van der Waals surface area (Å²) in [5.41, 5.74) is 7.80. The molecule has 0 aliphatic rings. The van der Waals surface area contributed by atoms with E-state index in [1.165, 1.54) is 4.90 Å². The molecule has 20 heavy (non-hydrogen) atoms. The lowest BCUT2D eigenvalue weighted by atomic mass is 10.1. The number of anilines is 2. The van der Waals surface area contributed by atoms with Gasteiger partial charge in [-0.3, -0.25) is 4.79 Å². The van der Waals surface area contributed by atoms with Crippen LogP contribution >= 0.6 is 0 Å². The van der Waals surface area contributed by atoms with E-state index in [0.29, 0.717) is 23.5 Å². The summed E-state index contributed by atoms with van der Waals surface area (Å²) in [5.74, 6) is 0.723. The van der Waals surface area contributed by atoms with E-state index in [0.717, 1.165) is 5.82 Å². The molecule has 0 aliphatic carbocycles. The molecule has 2 rings (SSSR count). The van der Waals surface area contributed by atoms with Crippen LogP contribution in [-0.2, 0) is 13.6 Å². The van der Waals surface area contributed by atoms with Crippen molar-refractivity contribution in [2.45, 2.75) is 6.54 Å². The standard InChI is InChI=1S/C13H18N6O/c1-18(2)13(20)9-4-5-10(14)11(6-9)15-7-12-17-16-8-19(12)3/h4-6,8,15H,7,14H2,1-3H3. The molecular formula is C13H18N6O. The van der Waals surface area contributed by atoms with Gasteiger partial charge in [-0.25, -0.2) is 0 Å². The summed E-state index contributed by atoms with van der Waals surface area (Å²) in [7, 11) is 5.29. The second-order valence-electron chi connectivity index (χ2n) is 4.71. The molecule has 0 saturated heterocycles. The lowest BCUT2D eigenvalue weighted by Gasteiger charge is -2.13. The quantitative estimate of drug-likeness (QED) is 0.802. The molecule has 1 aromatic heterocycles. The molecule has 0 fully saturated rings. The summed E-state index contributed by atoms with van der Waals surface area (Å²) in [6, 6.07) is 5.18. The molecule has 0 atom stereocenters. The Morgan fingerprint density at radius 1 is 1.45 bits per heavy atom. The second-order valence-corrected chi connectivity index (χ2v) is 4.71. The first kappa shape index (κ1) is 13.9. The van der Waals surface area contributed by atoms with Gasteiger partial charge in [0.2, 0.25) is 0 Å². The van der Waals surface area contributed by atoms with Crippen LogP contribution in [0.15, 0.2) is 24.5 Å². The number of hydrogen-bond donors (Lipinski definition) is 2. The average molecular weight is 274 g/mol. The number of amides is 1. The number of aromatic nitrogens is 3. The van der Waals surface area contributed by atoms with Gasteiger partial charge in [0.05, 0.1) is 17.9 Å². The zero-order chi connectivity index (χ0) is 14.7. The van der Waals surface area contributed by atoms with Crippen LogP contribution in [0.5, 0.6) is 0 Å². The number of nitrogens with two attached hydrogens (primary N) is 1. The lowest BCUT2D eigenvalue weighted by Crippen LogP contribution is -2.21. The zero-order valence-electron chi connectivity index (χ0n) is 11.8. The van der Waals surface area contributed by atoms with Crippen molar-refractivity contribution in [3.05, 3.63) is 35.9 Å². The Morgan fingerprint density at radius 3 is 2.80 bits per heavy atom. The Hall–Kier alpha value is -2.57. The first-order valence-electron chi connectivity index (χ1n) is 6.17. The molecule has 7 heteroatoms. The average Bonchev–Trinajstić information content (AvgIpc) is 2.82. The minimum atomic E-state index is -0.0632. The van der Waals surface area contributed by atoms with Crippen molar-refractivity contribution >= 4 is 17.3 Å². The van der Waals surface area contributed by atoms with Crippen LogP contribution in [0.3, 0.4) is 0 Å². The Morgan fingerprint density at radius 2 is 2.20 bits per heavy atom. The summed E-state index contributed by atoms with van der Waals surface area (Å²) in [6.07, 6.45) is 1.63. The zero-order valence-corrected chi connectivity index (χ0v) is 11.8. The van der Waals surface area contributed by atoms with Crippen LogP contribution < -0.4 is 11.1 Å². The van der Waals surface area contributed by atoms with Gasteiger partial charge in [0.1, 0.15) is 6.33 Å². The van der Waals surface area contributed by atoms with Crippen LogP contribution in [0.4, 0.5) is 11.4 Å². The fourth-order valence-electron chi connectivity index (χ4n) is 1.74. The van der Waals surface area contributed by atoms with Crippen LogP contribution in [0.2, 0.25) is 0 Å². The molecule has 0 radical (unpaired) electrons. The summed E-state index contributed by atoms with van der Waals surface area (Å²) >= 11 is 0. The normalized spacial score (nSPS) is 10.3. The maximum Gasteiger partial charge on any atom is 0.253 e. The number of nitrogens with zero attached hydrogens (tertiary/aromatic N) is 4. The van der Waals surface area contributed by atoms with Gasteiger partial charge in [-0.15, -0.1) is 10.2 Å². The van der Waals surface area contributed by atoms with E-state index in [2.05, 4.69) is 15.5 Å². The number of nitrogen functional groups attached to an aromatic ring is 1. The molecule has 7 nitrogen and oxygen atoms in total. The minimum absolute atomic E-state index is 0.0632. The van der Waals surface area contributed by atoms with E-state index in [4.69, 9.17) is 5.73 Å². The third kappa shape index (κ3) is 2.87. The van der Waals surface area contributed by atoms with Crippen molar-refractivity contribution in [2.75, 3.05) is 25.1 Å². The summed E-state index contributed by atoms with van der Waals surface area (Å²) in [4.78, 5) is 13.5. The van der Waals surface area contributed by atoms with Crippen molar-refractivity contribution in [1.29, 1.82) is 0 Å². The molecule has 1 heterocycles. The van der Waals surface area contributed by atoms with Crippen molar-refractivity contribution in [3.63, 3.8) is 0 Å². The number of carbonyl (C=O) groups is 1. The maximum absolute atomic E-state index is 11.9. The molecule has 0 spiro atoms. The van der Waals surface area contributed by atoms with Gasteiger partial charge in [0, 0.05) is 26.7 Å². The molecule has 106 valence electrons. The minimum Gasteiger partial charge on any atom is -0.397 e. The lowest BCUT2D eigenvalue weighted by molar-refractivity contribution is 0.0827. The van der Waals surface area contributed by atoms with E-state index in [9.17, 15) is 4.79 Å². The smallest absolute Gasteiger partial charge is 0.253 e. The first-order chi connectivity index (χ1) is 9.49. The highest BCUT2D eigenvalue weighted by atomic mass is 16.2. The molecule has 0 unspecified atom stereocenters. The van der Waals surface area contributed by atoms with Gasteiger partial charge in [-0.2, -0.15) is 0 Å². The van der Waals surface area contributed by atoms with Gasteiger partial charge in [-0.05, 0) is 18.2 Å². The third-order valence-corrected chi connectivity index (χ3v) is 2.95. The Bertz CT molecular complexity index is 619. The third-order valence-electron chi connectivity index (χ3n) is 2.95. The highest BCUT2D eigenvalue weighted by molar-refractivity contribution is 5.95. The Balaban J connectivity index is 2.17. The van der Waals surface area contributed by atoms with Gasteiger partial charge >= 0.3 is 0 Å². The monoisotopic (exact) mass is 274 g/mol. The Labute approximate surface area is 117 Å². The van der Waals surface area contributed by atoms with Crippen molar-refractivity contribution in [2.24, 2.45) is 7.05 Å². The number of hydrogen-bond acceptors (Lipinski definition) is 5. The van der Waals surface area contributed by atoms with E-state index in [1.807, 2.05) is 11.6 Å². The molecule has 1 amide bonds. The first-order valence-corrected chi connectivity index (χ1v) is 6.17. The summed E-state index contributed by atoms with van der Waals surface area (Å²) < 4.78 is 1.82. The highest BCUT2D eigenvalue weighted by Crippen LogP contribution is 2.21. The van der Waals surface area contributed by atoms with Gasteiger partial charge in [0.25, 0.3) is 5.91 Å². The molecule has 2 aromatic rings. The number of benzene rings is 1. The van der Waals surface area contributed by atoms with Gasteiger partial charge < -0.3 is 20.5 Å². The van der Waals surface area contributed by atoms with E-state index in [1.54, 1.807) is 38.6 Å². The van der Waals surface area contributed by atoms with Gasteiger partial charge in [0.15, 0.2) is 5.82 Å². The van der Waals surface area contributed by atoms with Crippen LogP contribution in [-0.4, -0.2) is 39.7 Å². The summed E-state index contributed by atoms with van der Waals surface area (Å²) in [6.45, 7) is 0.486. The van der Waals surface area contributed by atoms with Crippen molar-refractivity contribution < 1.29 is 4.79 Å². The van der Waals surface area contributed by atoms with E-state index >= 15 is 0 Å².